The first kappa shape index (κ1) is 14.0. The van der Waals surface area contributed by atoms with E-state index in [-0.39, 0.29) is 12.4 Å². The number of nitrogens with zero attached hydrogens (tertiary/aromatic N) is 2. The van der Waals surface area contributed by atoms with Crippen LogP contribution in [0, 0.1) is 24.6 Å². The fourth-order valence-electron chi connectivity index (χ4n) is 1.39. The zero-order valence-electron chi connectivity index (χ0n) is 10.3. The number of rotatable bonds is 3. The maximum atomic E-state index is 13.5. The predicted octanol–water partition coefficient (Wildman–Crippen LogP) is 2.59. The first-order valence-corrected chi connectivity index (χ1v) is 7.39. The summed E-state index contributed by atoms with van der Waals surface area (Å²) in [6.45, 7) is 2.14. The van der Waals surface area contributed by atoms with Gasteiger partial charge in [0.2, 0.25) is 0 Å². The Balaban J connectivity index is 2.08. The average molecular weight is 293 g/mol. The summed E-state index contributed by atoms with van der Waals surface area (Å²) in [5.74, 6) is 5.79. The monoisotopic (exact) mass is 293 g/mol. The van der Waals surface area contributed by atoms with Crippen molar-refractivity contribution in [3.63, 3.8) is 0 Å². The van der Waals surface area contributed by atoms with E-state index in [0.717, 1.165) is 14.9 Å². The Kier molecular flexibility index (Phi) is 4.91. The molecule has 0 aliphatic rings. The number of hydrogen-bond acceptors (Lipinski definition) is 5. The van der Waals surface area contributed by atoms with Gasteiger partial charge in [0, 0.05) is 5.75 Å². The molecule has 0 aliphatic heterocycles. The molecule has 3 nitrogen and oxygen atoms in total. The van der Waals surface area contributed by atoms with Gasteiger partial charge in [-0.15, -0.1) is 10.2 Å². The molecule has 0 atom stereocenters. The maximum Gasteiger partial charge on any atom is 0.174 e. The summed E-state index contributed by atoms with van der Waals surface area (Å²) < 4.78 is 14.4. The van der Waals surface area contributed by atoms with Crippen LogP contribution in [0.2, 0.25) is 0 Å². The van der Waals surface area contributed by atoms with Crippen molar-refractivity contribution < 1.29 is 4.39 Å². The summed E-state index contributed by atoms with van der Waals surface area (Å²) in [7, 11) is 0. The minimum atomic E-state index is -0.318. The topological polar surface area (TPSA) is 51.8 Å². The van der Waals surface area contributed by atoms with Gasteiger partial charge in [-0.3, -0.25) is 0 Å². The maximum absolute atomic E-state index is 13.5. The quantitative estimate of drug-likeness (QED) is 0.698. The van der Waals surface area contributed by atoms with Crippen LogP contribution >= 0.6 is 23.1 Å². The Hall–Kier alpha value is -1.42. The van der Waals surface area contributed by atoms with Crippen LogP contribution in [-0.2, 0) is 5.75 Å². The molecule has 0 saturated carbocycles. The van der Waals surface area contributed by atoms with Crippen LogP contribution in [0.1, 0.15) is 16.1 Å². The van der Waals surface area contributed by atoms with Crippen molar-refractivity contribution in [2.75, 3.05) is 6.54 Å². The smallest absolute Gasteiger partial charge is 0.174 e. The number of benzene rings is 1. The van der Waals surface area contributed by atoms with Crippen molar-refractivity contribution >= 4 is 23.1 Å². The molecule has 1 aromatic carbocycles. The second-order valence-electron chi connectivity index (χ2n) is 3.70. The lowest BCUT2D eigenvalue weighted by Crippen LogP contribution is -1.94. The zero-order valence-corrected chi connectivity index (χ0v) is 11.9. The van der Waals surface area contributed by atoms with E-state index in [1.165, 1.54) is 6.07 Å². The Bertz CT molecular complexity index is 628. The van der Waals surface area contributed by atoms with Crippen LogP contribution in [0.25, 0.3) is 0 Å². The standard InChI is InChI=1S/C13H12FN3S2/c1-9-16-17-13(19-9)18-8-10-4-5-12(14)11(7-10)3-2-6-15/h4-5,7H,6,8,15H2,1H3. The zero-order chi connectivity index (χ0) is 13.7. The molecule has 0 amide bonds. The van der Waals surface area contributed by atoms with Gasteiger partial charge in [0.05, 0.1) is 12.1 Å². The third-order valence-corrected chi connectivity index (χ3v) is 4.27. The third-order valence-electron chi connectivity index (χ3n) is 2.23. The van der Waals surface area contributed by atoms with Gasteiger partial charge in [0.1, 0.15) is 10.8 Å². The summed E-state index contributed by atoms with van der Waals surface area (Å²) in [5, 5.41) is 8.93. The Morgan fingerprint density at radius 1 is 1.42 bits per heavy atom. The molecule has 0 spiro atoms. The highest BCUT2D eigenvalue weighted by molar-refractivity contribution is 8.00. The molecule has 0 fully saturated rings. The largest absolute Gasteiger partial charge is 0.320 e. The molecule has 98 valence electrons. The normalized spacial score (nSPS) is 10.1. The molecule has 0 radical (unpaired) electrons. The first-order chi connectivity index (χ1) is 9.19. The summed E-state index contributed by atoms with van der Waals surface area (Å²) in [6.07, 6.45) is 0. The SMILES string of the molecule is Cc1nnc(SCc2ccc(F)c(C#CCN)c2)s1. The van der Waals surface area contributed by atoms with Gasteiger partial charge in [-0.1, -0.05) is 41.0 Å². The van der Waals surface area contributed by atoms with Gasteiger partial charge >= 0.3 is 0 Å². The van der Waals surface area contributed by atoms with Crippen molar-refractivity contribution in [1.29, 1.82) is 0 Å². The second kappa shape index (κ2) is 6.66. The van der Waals surface area contributed by atoms with Gasteiger partial charge in [-0.05, 0) is 24.6 Å². The molecule has 19 heavy (non-hydrogen) atoms. The lowest BCUT2D eigenvalue weighted by molar-refractivity contribution is 0.624. The third kappa shape index (κ3) is 4.03. The number of thioether (sulfide) groups is 1. The molecule has 0 unspecified atom stereocenters. The number of halogens is 1. The molecule has 2 N–H and O–H groups in total. The molecule has 2 rings (SSSR count). The van der Waals surface area contributed by atoms with E-state index in [9.17, 15) is 4.39 Å². The van der Waals surface area contributed by atoms with Crippen LogP contribution in [-0.4, -0.2) is 16.7 Å². The lowest BCUT2D eigenvalue weighted by Gasteiger charge is -2.01. The fourth-order valence-corrected chi connectivity index (χ4v) is 3.14. The van der Waals surface area contributed by atoms with Gasteiger partial charge in [-0.2, -0.15) is 0 Å². The minimum absolute atomic E-state index is 0.225. The predicted molar refractivity (Wildman–Crippen MR) is 76.5 cm³/mol. The Morgan fingerprint density at radius 2 is 2.26 bits per heavy atom. The number of aryl methyl sites for hydroxylation is 1. The molecular weight excluding hydrogens is 281 g/mol. The van der Waals surface area contributed by atoms with Gasteiger partial charge in [0.15, 0.2) is 4.34 Å². The van der Waals surface area contributed by atoms with Gasteiger partial charge in [-0.25, -0.2) is 4.39 Å². The molecule has 6 heteroatoms. The summed E-state index contributed by atoms with van der Waals surface area (Å²) in [5.41, 5.74) is 6.67. The van der Waals surface area contributed by atoms with E-state index in [4.69, 9.17) is 5.73 Å². The molecule has 0 saturated heterocycles. The average Bonchev–Trinajstić information content (AvgIpc) is 2.82. The molecule has 1 aromatic heterocycles. The molecule has 2 aromatic rings. The van der Waals surface area contributed by atoms with E-state index in [1.54, 1.807) is 35.2 Å². The number of nitrogens with two attached hydrogens (primary N) is 1. The van der Waals surface area contributed by atoms with Crippen molar-refractivity contribution in [3.05, 3.63) is 40.2 Å². The van der Waals surface area contributed by atoms with Crippen molar-refractivity contribution in [3.8, 4) is 11.8 Å². The van der Waals surface area contributed by atoms with Crippen molar-refractivity contribution in [1.82, 2.24) is 10.2 Å². The van der Waals surface area contributed by atoms with Gasteiger partial charge in [0.25, 0.3) is 0 Å². The van der Waals surface area contributed by atoms with E-state index < -0.39 is 0 Å². The second-order valence-corrected chi connectivity index (χ2v) is 6.10. The Labute approximate surface area is 119 Å². The van der Waals surface area contributed by atoms with Crippen LogP contribution in [0.15, 0.2) is 22.5 Å². The van der Waals surface area contributed by atoms with Crippen LogP contribution in [0.3, 0.4) is 0 Å². The van der Waals surface area contributed by atoms with Crippen LogP contribution < -0.4 is 5.73 Å². The molecular formula is C13H12FN3S2. The minimum Gasteiger partial charge on any atom is -0.320 e. The van der Waals surface area contributed by atoms with Crippen molar-refractivity contribution in [2.45, 2.75) is 17.0 Å². The Morgan fingerprint density at radius 3 is 2.95 bits per heavy atom. The number of aromatic nitrogens is 2. The highest BCUT2D eigenvalue weighted by atomic mass is 32.2. The molecule has 1 heterocycles. The van der Waals surface area contributed by atoms with Crippen molar-refractivity contribution in [2.24, 2.45) is 5.73 Å². The fraction of sp³-hybridized carbons (Fsp3) is 0.231. The van der Waals surface area contributed by atoms with E-state index in [0.29, 0.717) is 11.3 Å². The first-order valence-electron chi connectivity index (χ1n) is 5.59. The summed E-state index contributed by atoms with van der Waals surface area (Å²) in [4.78, 5) is 0. The summed E-state index contributed by atoms with van der Waals surface area (Å²) >= 11 is 3.13. The van der Waals surface area contributed by atoms with Crippen LogP contribution in [0.4, 0.5) is 4.39 Å². The van der Waals surface area contributed by atoms with Crippen LogP contribution in [0.5, 0.6) is 0 Å². The van der Waals surface area contributed by atoms with E-state index in [1.807, 2.05) is 6.92 Å². The van der Waals surface area contributed by atoms with E-state index in [2.05, 4.69) is 22.0 Å². The summed E-state index contributed by atoms with van der Waals surface area (Å²) in [6, 6.07) is 4.94. The highest BCUT2D eigenvalue weighted by Gasteiger charge is 2.05. The lowest BCUT2D eigenvalue weighted by atomic mass is 10.1. The highest BCUT2D eigenvalue weighted by Crippen LogP contribution is 2.26. The molecule has 0 bridgehead atoms. The van der Waals surface area contributed by atoms with Gasteiger partial charge < -0.3 is 5.73 Å². The van der Waals surface area contributed by atoms with E-state index >= 15 is 0 Å². The number of hydrogen-bond donors (Lipinski definition) is 1. The molecule has 0 aliphatic carbocycles.